The molecule has 0 saturated carbocycles. The van der Waals surface area contributed by atoms with E-state index in [-0.39, 0.29) is 17.5 Å². The first-order chi connectivity index (χ1) is 7.11. The number of nitro groups is 1. The van der Waals surface area contributed by atoms with Gasteiger partial charge in [0.25, 0.3) is 0 Å². The minimum absolute atomic E-state index is 0.0750. The van der Waals surface area contributed by atoms with E-state index in [4.69, 9.17) is 10.5 Å². The number of nitro benzene ring substituents is 1. The molecule has 0 heterocycles. The van der Waals surface area contributed by atoms with Crippen LogP contribution in [0.15, 0.2) is 12.1 Å². The lowest BCUT2D eigenvalue weighted by Crippen LogP contribution is -1.94. The summed E-state index contributed by atoms with van der Waals surface area (Å²) in [4.78, 5) is 9.64. The summed E-state index contributed by atoms with van der Waals surface area (Å²) < 4.78 is 0. The average Bonchev–Trinajstić information content (AvgIpc) is 2.18. The molecular weight excluding hydrogens is 198 g/mol. The second-order valence-corrected chi connectivity index (χ2v) is 2.67. The molecule has 6 heteroatoms. The smallest absolute Gasteiger partial charge is 0.312 e. The van der Waals surface area contributed by atoms with Gasteiger partial charge in [-0.2, -0.15) is 10.5 Å². The van der Waals surface area contributed by atoms with Gasteiger partial charge in [-0.1, -0.05) is 0 Å². The van der Waals surface area contributed by atoms with E-state index in [0.717, 1.165) is 6.07 Å². The van der Waals surface area contributed by atoms with Gasteiger partial charge in [0.05, 0.1) is 17.4 Å². The quantitative estimate of drug-likeness (QED) is 0.574. The largest absolute Gasteiger partial charge is 0.501 e. The molecule has 1 N–H and O–H groups in total. The average molecular weight is 203 g/mol. The second-order valence-electron chi connectivity index (χ2n) is 2.67. The minimum Gasteiger partial charge on any atom is -0.501 e. The molecule has 0 bridgehead atoms. The van der Waals surface area contributed by atoms with E-state index in [2.05, 4.69) is 0 Å². The van der Waals surface area contributed by atoms with Crippen LogP contribution < -0.4 is 0 Å². The van der Waals surface area contributed by atoms with Crippen LogP contribution in [0.3, 0.4) is 0 Å². The second kappa shape index (κ2) is 4.07. The van der Waals surface area contributed by atoms with E-state index >= 15 is 0 Å². The molecule has 0 aliphatic rings. The van der Waals surface area contributed by atoms with Crippen molar-refractivity contribution in [2.24, 2.45) is 0 Å². The van der Waals surface area contributed by atoms with Gasteiger partial charge in [-0.25, -0.2) is 0 Å². The standard InChI is InChI=1S/C9H5N3O3/c10-4-3-6-1-2-8(12(14)15)9(13)7(6)5-11/h1-2,13H,3H2. The highest BCUT2D eigenvalue weighted by atomic mass is 16.6. The number of rotatable bonds is 2. The van der Waals surface area contributed by atoms with Crippen LogP contribution in [0, 0.1) is 32.8 Å². The molecule has 1 aromatic rings. The zero-order valence-electron chi connectivity index (χ0n) is 7.47. The predicted molar refractivity (Wildman–Crippen MR) is 48.8 cm³/mol. The van der Waals surface area contributed by atoms with E-state index in [1.807, 2.05) is 0 Å². The van der Waals surface area contributed by atoms with E-state index in [1.165, 1.54) is 6.07 Å². The third-order valence-electron chi connectivity index (χ3n) is 1.82. The molecule has 0 radical (unpaired) electrons. The Morgan fingerprint density at radius 3 is 2.60 bits per heavy atom. The van der Waals surface area contributed by atoms with Crippen molar-refractivity contribution in [1.82, 2.24) is 0 Å². The van der Waals surface area contributed by atoms with Crippen molar-refractivity contribution in [3.8, 4) is 17.9 Å². The number of hydrogen-bond donors (Lipinski definition) is 1. The van der Waals surface area contributed by atoms with Gasteiger partial charge in [-0.15, -0.1) is 0 Å². The zero-order chi connectivity index (χ0) is 11.4. The Morgan fingerprint density at radius 2 is 2.13 bits per heavy atom. The SMILES string of the molecule is N#CCc1ccc([N+](=O)[O-])c(O)c1C#N. The molecule has 0 aliphatic carbocycles. The number of phenols is 1. The summed E-state index contributed by atoms with van der Waals surface area (Å²) in [5.41, 5.74) is -0.470. The van der Waals surface area contributed by atoms with Crippen LogP contribution >= 0.6 is 0 Å². The molecule has 0 spiro atoms. The Morgan fingerprint density at radius 1 is 1.47 bits per heavy atom. The van der Waals surface area contributed by atoms with Gasteiger partial charge in [0.1, 0.15) is 11.6 Å². The maximum atomic E-state index is 10.4. The highest BCUT2D eigenvalue weighted by molar-refractivity contribution is 5.59. The van der Waals surface area contributed by atoms with Crippen LogP contribution in [0.2, 0.25) is 0 Å². The molecule has 15 heavy (non-hydrogen) atoms. The van der Waals surface area contributed by atoms with Crippen LogP contribution in [-0.2, 0) is 6.42 Å². The van der Waals surface area contributed by atoms with Gasteiger partial charge in [-0.05, 0) is 11.6 Å². The van der Waals surface area contributed by atoms with Crippen LogP contribution in [0.4, 0.5) is 5.69 Å². The van der Waals surface area contributed by atoms with E-state index < -0.39 is 16.4 Å². The molecule has 6 nitrogen and oxygen atoms in total. The Hall–Kier alpha value is -2.60. The molecule has 0 saturated heterocycles. The van der Waals surface area contributed by atoms with Crippen molar-refractivity contribution in [3.63, 3.8) is 0 Å². The first-order valence-corrected chi connectivity index (χ1v) is 3.88. The van der Waals surface area contributed by atoms with Crippen molar-refractivity contribution in [1.29, 1.82) is 10.5 Å². The monoisotopic (exact) mass is 203 g/mol. The van der Waals surface area contributed by atoms with Crippen molar-refractivity contribution in [2.45, 2.75) is 6.42 Å². The van der Waals surface area contributed by atoms with Gasteiger partial charge < -0.3 is 5.11 Å². The minimum atomic E-state index is -0.785. The lowest BCUT2D eigenvalue weighted by molar-refractivity contribution is -0.385. The normalized spacial score (nSPS) is 8.93. The number of hydrogen-bond acceptors (Lipinski definition) is 5. The first kappa shape index (κ1) is 10.5. The van der Waals surface area contributed by atoms with Crippen molar-refractivity contribution < 1.29 is 10.0 Å². The lowest BCUT2D eigenvalue weighted by Gasteiger charge is -2.01. The highest BCUT2D eigenvalue weighted by Gasteiger charge is 2.19. The van der Waals surface area contributed by atoms with Crippen molar-refractivity contribution in [3.05, 3.63) is 33.4 Å². The Labute approximate surface area is 84.8 Å². The number of aromatic hydroxyl groups is 1. The molecule has 0 aliphatic heterocycles. The summed E-state index contributed by atoms with van der Waals surface area (Å²) in [5.74, 6) is -0.685. The Bertz CT molecular complexity index is 497. The molecule has 0 atom stereocenters. The van der Waals surface area contributed by atoms with E-state index in [9.17, 15) is 15.2 Å². The zero-order valence-corrected chi connectivity index (χ0v) is 7.47. The van der Waals surface area contributed by atoms with E-state index in [0.29, 0.717) is 0 Å². The third-order valence-corrected chi connectivity index (χ3v) is 1.82. The Balaban J connectivity index is 3.42. The van der Waals surface area contributed by atoms with Crippen molar-refractivity contribution >= 4 is 5.69 Å². The summed E-state index contributed by atoms with van der Waals surface area (Å²) in [7, 11) is 0. The van der Waals surface area contributed by atoms with Gasteiger partial charge in [0.2, 0.25) is 5.75 Å². The summed E-state index contributed by atoms with van der Waals surface area (Å²) in [6.45, 7) is 0. The summed E-state index contributed by atoms with van der Waals surface area (Å²) >= 11 is 0. The molecule has 1 aromatic carbocycles. The fourth-order valence-corrected chi connectivity index (χ4v) is 1.13. The van der Waals surface area contributed by atoms with Gasteiger partial charge in [-0.3, -0.25) is 10.1 Å². The molecule has 0 amide bonds. The highest BCUT2D eigenvalue weighted by Crippen LogP contribution is 2.31. The molecular formula is C9H5N3O3. The number of phenolic OH excluding ortho intramolecular Hbond substituents is 1. The molecule has 0 aromatic heterocycles. The lowest BCUT2D eigenvalue weighted by atomic mass is 10.0. The summed E-state index contributed by atoms with van der Waals surface area (Å²) in [6, 6.07) is 5.80. The van der Waals surface area contributed by atoms with Gasteiger partial charge in [0.15, 0.2) is 0 Å². The van der Waals surface area contributed by atoms with Gasteiger partial charge in [0, 0.05) is 6.07 Å². The topological polar surface area (TPSA) is 111 Å². The van der Waals surface area contributed by atoms with E-state index in [1.54, 1.807) is 12.1 Å². The number of nitriles is 2. The van der Waals surface area contributed by atoms with Crippen LogP contribution in [0.1, 0.15) is 11.1 Å². The van der Waals surface area contributed by atoms with Crippen LogP contribution in [-0.4, -0.2) is 10.0 Å². The summed E-state index contributed by atoms with van der Waals surface area (Å²) in [5, 5.41) is 36.9. The van der Waals surface area contributed by atoms with Crippen LogP contribution in [0.5, 0.6) is 5.75 Å². The van der Waals surface area contributed by atoms with Gasteiger partial charge >= 0.3 is 5.69 Å². The number of benzene rings is 1. The fourth-order valence-electron chi connectivity index (χ4n) is 1.13. The Kier molecular flexibility index (Phi) is 2.85. The fraction of sp³-hybridized carbons (Fsp3) is 0.111. The molecule has 0 fully saturated rings. The maximum Gasteiger partial charge on any atom is 0.312 e. The van der Waals surface area contributed by atoms with Crippen LogP contribution in [0.25, 0.3) is 0 Å². The molecule has 74 valence electrons. The number of nitrogens with zero attached hydrogens (tertiary/aromatic N) is 3. The first-order valence-electron chi connectivity index (χ1n) is 3.88. The van der Waals surface area contributed by atoms with Crippen molar-refractivity contribution in [2.75, 3.05) is 0 Å². The summed E-state index contributed by atoms with van der Waals surface area (Å²) in [6.07, 6.45) is -0.0750. The molecule has 0 unspecified atom stereocenters. The predicted octanol–water partition coefficient (Wildman–Crippen LogP) is 1.24. The molecule has 1 rings (SSSR count). The maximum absolute atomic E-state index is 10.4. The third kappa shape index (κ3) is 1.84.